The topological polar surface area (TPSA) is 47.9 Å². The van der Waals surface area contributed by atoms with Crippen LogP contribution in [0.5, 0.6) is 0 Å². The van der Waals surface area contributed by atoms with Crippen molar-refractivity contribution < 1.29 is 0 Å². The molecule has 2 N–H and O–H groups in total. The summed E-state index contributed by atoms with van der Waals surface area (Å²) in [7, 11) is 0. The third-order valence-electron chi connectivity index (χ3n) is 2.50. The lowest BCUT2D eigenvalue weighted by Gasteiger charge is -2.37. The Balaban J connectivity index is 2.11. The molecule has 1 aliphatic rings. The summed E-state index contributed by atoms with van der Waals surface area (Å²) in [4.78, 5) is 0. The number of benzene rings is 1. The molecule has 3 heteroatoms. The van der Waals surface area contributed by atoms with Gasteiger partial charge in [0.05, 0.1) is 6.07 Å². The number of nitriles is 1. The smallest absolute Gasteiger partial charge is 0.150 e. The van der Waals surface area contributed by atoms with Gasteiger partial charge in [0, 0.05) is 18.8 Å². The predicted molar refractivity (Wildman–Crippen MR) is 56.0 cm³/mol. The molecule has 0 radical (unpaired) electrons. The Morgan fingerprint density at radius 1 is 1.36 bits per heavy atom. The fourth-order valence-corrected chi connectivity index (χ4v) is 1.48. The van der Waals surface area contributed by atoms with Gasteiger partial charge in [0.1, 0.15) is 5.54 Å². The molecule has 72 valence electrons. The summed E-state index contributed by atoms with van der Waals surface area (Å²) in [5.74, 6) is 0. The van der Waals surface area contributed by atoms with Crippen molar-refractivity contribution in [1.29, 1.82) is 5.26 Å². The molecule has 0 amide bonds. The van der Waals surface area contributed by atoms with Crippen LogP contribution in [0.4, 0.5) is 5.69 Å². The van der Waals surface area contributed by atoms with Gasteiger partial charge in [0.15, 0.2) is 0 Å². The third-order valence-corrected chi connectivity index (χ3v) is 2.50. The first kappa shape index (κ1) is 9.04. The Labute approximate surface area is 83.7 Å². The summed E-state index contributed by atoms with van der Waals surface area (Å²) in [6.45, 7) is 3.49. The molecule has 0 unspecified atom stereocenters. The van der Waals surface area contributed by atoms with Crippen molar-refractivity contribution in [1.82, 2.24) is 5.32 Å². The van der Waals surface area contributed by atoms with E-state index >= 15 is 0 Å². The van der Waals surface area contributed by atoms with E-state index < -0.39 is 5.54 Å². The van der Waals surface area contributed by atoms with E-state index in [1.54, 1.807) is 0 Å². The van der Waals surface area contributed by atoms with Crippen LogP contribution in [-0.2, 0) is 0 Å². The molecule has 0 spiro atoms. The van der Waals surface area contributed by atoms with Crippen LogP contribution in [-0.4, -0.2) is 18.6 Å². The minimum absolute atomic E-state index is 0.394. The SMILES string of the molecule is Cc1ccc(NC2(C#N)CNC2)cc1. The Kier molecular flexibility index (Phi) is 2.14. The first-order chi connectivity index (χ1) is 6.74. The summed E-state index contributed by atoms with van der Waals surface area (Å²) in [5, 5.41) is 15.3. The number of nitrogens with one attached hydrogen (secondary N) is 2. The van der Waals surface area contributed by atoms with Gasteiger partial charge in [-0.3, -0.25) is 0 Å². The van der Waals surface area contributed by atoms with Gasteiger partial charge in [0.25, 0.3) is 0 Å². The van der Waals surface area contributed by atoms with E-state index in [1.165, 1.54) is 5.56 Å². The highest BCUT2D eigenvalue weighted by molar-refractivity contribution is 5.50. The molecule has 1 fully saturated rings. The summed E-state index contributed by atoms with van der Waals surface area (Å²) in [6, 6.07) is 10.4. The van der Waals surface area contributed by atoms with Gasteiger partial charge in [-0.15, -0.1) is 0 Å². The second kappa shape index (κ2) is 3.32. The minimum Gasteiger partial charge on any atom is -0.365 e. The molecule has 1 aliphatic heterocycles. The largest absolute Gasteiger partial charge is 0.365 e. The van der Waals surface area contributed by atoms with Crippen molar-refractivity contribution in [3.8, 4) is 6.07 Å². The van der Waals surface area contributed by atoms with E-state index in [0.29, 0.717) is 0 Å². The van der Waals surface area contributed by atoms with Crippen LogP contribution in [0, 0.1) is 18.3 Å². The highest BCUT2D eigenvalue weighted by atomic mass is 15.1. The lowest BCUT2D eigenvalue weighted by atomic mass is 9.94. The second-order valence-electron chi connectivity index (χ2n) is 3.79. The zero-order valence-electron chi connectivity index (χ0n) is 8.17. The fraction of sp³-hybridized carbons (Fsp3) is 0.364. The van der Waals surface area contributed by atoms with Crippen LogP contribution in [0.25, 0.3) is 0 Å². The molecular weight excluding hydrogens is 174 g/mol. The molecule has 0 atom stereocenters. The number of aryl methyl sites for hydroxylation is 1. The first-order valence-corrected chi connectivity index (χ1v) is 4.71. The zero-order valence-corrected chi connectivity index (χ0v) is 8.17. The van der Waals surface area contributed by atoms with Crippen molar-refractivity contribution >= 4 is 5.69 Å². The highest BCUT2D eigenvalue weighted by Gasteiger charge is 2.36. The van der Waals surface area contributed by atoms with Crippen LogP contribution >= 0.6 is 0 Å². The lowest BCUT2D eigenvalue weighted by Crippen LogP contribution is -2.63. The maximum absolute atomic E-state index is 9.00. The third kappa shape index (κ3) is 1.57. The van der Waals surface area contributed by atoms with Gasteiger partial charge in [0.2, 0.25) is 0 Å². The molecule has 1 heterocycles. The van der Waals surface area contributed by atoms with Crippen molar-refractivity contribution in [3.63, 3.8) is 0 Å². The van der Waals surface area contributed by atoms with Gasteiger partial charge in [-0.05, 0) is 19.1 Å². The summed E-state index contributed by atoms with van der Waals surface area (Å²) in [6.07, 6.45) is 0. The molecule has 1 saturated heterocycles. The maximum atomic E-state index is 9.00. The maximum Gasteiger partial charge on any atom is 0.150 e. The summed E-state index contributed by atoms with van der Waals surface area (Å²) >= 11 is 0. The summed E-state index contributed by atoms with van der Waals surface area (Å²) in [5.41, 5.74) is 1.85. The molecule has 0 aliphatic carbocycles. The first-order valence-electron chi connectivity index (χ1n) is 4.71. The average molecular weight is 187 g/mol. The van der Waals surface area contributed by atoms with Crippen molar-refractivity contribution in [2.75, 3.05) is 18.4 Å². The standard InChI is InChI=1S/C11H13N3/c1-9-2-4-10(5-3-9)14-11(6-12)7-13-8-11/h2-5,13-14H,7-8H2,1H3. The van der Waals surface area contributed by atoms with Gasteiger partial charge in [-0.25, -0.2) is 0 Å². The van der Waals surface area contributed by atoms with Crippen LogP contribution in [0.3, 0.4) is 0 Å². The minimum atomic E-state index is -0.394. The van der Waals surface area contributed by atoms with Gasteiger partial charge in [-0.1, -0.05) is 17.7 Å². The molecule has 0 aromatic heterocycles. The molecule has 0 bridgehead atoms. The molecule has 14 heavy (non-hydrogen) atoms. The number of anilines is 1. The van der Waals surface area contributed by atoms with E-state index in [2.05, 4.69) is 23.6 Å². The van der Waals surface area contributed by atoms with E-state index in [0.717, 1.165) is 18.8 Å². The van der Waals surface area contributed by atoms with E-state index in [9.17, 15) is 0 Å². The number of hydrogen-bond acceptors (Lipinski definition) is 3. The number of hydrogen-bond donors (Lipinski definition) is 2. The molecule has 0 saturated carbocycles. The number of rotatable bonds is 2. The van der Waals surface area contributed by atoms with Gasteiger partial charge >= 0.3 is 0 Å². The van der Waals surface area contributed by atoms with Crippen LogP contribution in [0.2, 0.25) is 0 Å². The summed E-state index contributed by atoms with van der Waals surface area (Å²) < 4.78 is 0. The van der Waals surface area contributed by atoms with E-state index in [4.69, 9.17) is 5.26 Å². The molecule has 2 rings (SSSR count). The Hall–Kier alpha value is -1.53. The Morgan fingerprint density at radius 2 is 2.00 bits per heavy atom. The number of nitrogens with zero attached hydrogens (tertiary/aromatic N) is 1. The molecule has 3 nitrogen and oxygen atoms in total. The predicted octanol–water partition coefficient (Wildman–Crippen LogP) is 1.27. The van der Waals surface area contributed by atoms with Gasteiger partial charge in [-0.2, -0.15) is 5.26 Å². The quantitative estimate of drug-likeness (QED) is 0.733. The Morgan fingerprint density at radius 3 is 2.43 bits per heavy atom. The van der Waals surface area contributed by atoms with Crippen molar-refractivity contribution in [3.05, 3.63) is 29.8 Å². The second-order valence-corrected chi connectivity index (χ2v) is 3.79. The monoisotopic (exact) mass is 187 g/mol. The molecule has 1 aromatic rings. The van der Waals surface area contributed by atoms with Gasteiger partial charge < -0.3 is 10.6 Å². The average Bonchev–Trinajstić information content (AvgIpc) is 2.15. The van der Waals surface area contributed by atoms with E-state index in [1.807, 2.05) is 24.3 Å². The van der Waals surface area contributed by atoms with Crippen LogP contribution < -0.4 is 10.6 Å². The fourth-order valence-electron chi connectivity index (χ4n) is 1.48. The molecular formula is C11H13N3. The van der Waals surface area contributed by atoms with Crippen molar-refractivity contribution in [2.45, 2.75) is 12.5 Å². The normalized spacial score (nSPS) is 18.0. The zero-order chi connectivity index (χ0) is 10.0. The highest BCUT2D eigenvalue weighted by Crippen LogP contribution is 2.18. The Bertz CT molecular complexity index is 357. The van der Waals surface area contributed by atoms with Crippen LogP contribution in [0.1, 0.15) is 5.56 Å². The lowest BCUT2D eigenvalue weighted by molar-refractivity contribution is 0.387. The van der Waals surface area contributed by atoms with Crippen molar-refractivity contribution in [2.24, 2.45) is 0 Å². The van der Waals surface area contributed by atoms with E-state index in [-0.39, 0.29) is 0 Å². The van der Waals surface area contributed by atoms with Crippen LogP contribution in [0.15, 0.2) is 24.3 Å². The molecule has 1 aromatic carbocycles.